The Hall–Kier alpha value is -0.100. The molecule has 0 radical (unpaired) electrons. The van der Waals surface area contributed by atoms with Crippen LogP contribution in [0.2, 0.25) is 0 Å². The first-order valence-electron chi connectivity index (χ1n) is 2.93. The Labute approximate surface area is 50.6 Å². The van der Waals surface area contributed by atoms with Gasteiger partial charge in [0.15, 0.2) is 7.59 Å². The highest BCUT2D eigenvalue weighted by atomic mass is 31.1. The van der Waals surface area contributed by atoms with Crippen LogP contribution in [-0.2, 0) is 4.57 Å². The van der Waals surface area contributed by atoms with E-state index in [0.717, 1.165) is 19.3 Å². The van der Waals surface area contributed by atoms with Crippen molar-refractivity contribution in [3.63, 3.8) is 0 Å². The molecule has 0 aromatic heterocycles. The van der Waals surface area contributed by atoms with Gasteiger partial charge in [-0.05, 0) is 6.42 Å². The largest absolute Gasteiger partial charge is 0.262 e. The second-order valence-corrected chi connectivity index (χ2v) is 3.01. The lowest BCUT2D eigenvalue weighted by atomic mass is 10.3. The summed E-state index contributed by atoms with van der Waals surface area (Å²) in [5.74, 6) is 0. The molecule has 0 heterocycles. The zero-order valence-corrected chi connectivity index (χ0v) is 6.08. The number of rotatable bonds is 4. The maximum Gasteiger partial charge on any atom is 0.187 e. The molecule has 1 N–H and O–H groups in total. The van der Waals surface area contributed by atoms with Crippen molar-refractivity contribution in [2.75, 3.05) is 6.16 Å². The van der Waals surface area contributed by atoms with Gasteiger partial charge in [0, 0.05) is 6.16 Å². The van der Waals surface area contributed by atoms with Gasteiger partial charge in [-0.2, -0.15) is 0 Å². The summed E-state index contributed by atoms with van der Waals surface area (Å²) >= 11 is 0. The Kier molecular flexibility index (Phi) is 4.98. The predicted molar refractivity (Wildman–Crippen MR) is 34.7 cm³/mol. The monoisotopic (exact) mass is 133 g/mol. The van der Waals surface area contributed by atoms with E-state index in [9.17, 15) is 4.57 Å². The second kappa shape index (κ2) is 5.04. The summed E-state index contributed by atoms with van der Waals surface area (Å²) in [6.07, 6.45) is 3.79. The van der Waals surface area contributed by atoms with Gasteiger partial charge in [-0.1, -0.05) is 19.8 Å². The van der Waals surface area contributed by atoms with Crippen LogP contribution >= 0.6 is 7.59 Å². The predicted octanol–water partition coefficient (Wildman–Crippen LogP) is 2.77. The Morgan fingerprint density at radius 1 is 1.50 bits per heavy atom. The fourth-order valence-electron chi connectivity index (χ4n) is 0.505. The summed E-state index contributed by atoms with van der Waals surface area (Å²) in [6, 6.07) is 0. The van der Waals surface area contributed by atoms with Gasteiger partial charge in [0.2, 0.25) is 0 Å². The van der Waals surface area contributed by atoms with Crippen LogP contribution in [0.15, 0.2) is 0 Å². The molecule has 1 atom stereocenters. The van der Waals surface area contributed by atoms with Gasteiger partial charge in [-0.15, -0.1) is 0 Å². The van der Waals surface area contributed by atoms with Crippen molar-refractivity contribution in [1.29, 1.82) is 5.16 Å². The van der Waals surface area contributed by atoms with Crippen LogP contribution in [-0.4, -0.2) is 6.16 Å². The number of nitrogens with one attached hydrogen (secondary N) is 1. The van der Waals surface area contributed by atoms with Gasteiger partial charge in [0.1, 0.15) is 0 Å². The molecule has 0 aliphatic heterocycles. The van der Waals surface area contributed by atoms with Gasteiger partial charge in [-0.25, -0.2) is 0 Å². The van der Waals surface area contributed by atoms with E-state index < -0.39 is 7.59 Å². The SMILES string of the molecule is CCCCCP(=N)=O. The van der Waals surface area contributed by atoms with Crippen LogP contribution in [0.5, 0.6) is 0 Å². The Bertz CT molecular complexity index is 101. The topological polar surface area (TPSA) is 40.9 Å². The van der Waals surface area contributed by atoms with Crippen LogP contribution in [0.4, 0.5) is 0 Å². The molecule has 0 amide bonds. The van der Waals surface area contributed by atoms with E-state index in [2.05, 4.69) is 6.92 Å². The minimum atomic E-state index is -1.61. The van der Waals surface area contributed by atoms with E-state index in [1.807, 2.05) is 0 Å². The smallest absolute Gasteiger partial charge is 0.187 e. The summed E-state index contributed by atoms with van der Waals surface area (Å²) in [4.78, 5) is 0. The first-order chi connectivity index (χ1) is 3.77. The number of hydrogen-bond acceptors (Lipinski definition) is 2. The summed E-state index contributed by atoms with van der Waals surface area (Å²) in [7, 11) is -1.61. The number of hydrogen-bond donors (Lipinski definition) is 1. The van der Waals surface area contributed by atoms with Crippen molar-refractivity contribution in [3.8, 4) is 0 Å². The zero-order valence-electron chi connectivity index (χ0n) is 5.18. The molecule has 48 valence electrons. The molecule has 2 nitrogen and oxygen atoms in total. The highest BCUT2D eigenvalue weighted by molar-refractivity contribution is 7.32. The van der Waals surface area contributed by atoms with Crippen molar-refractivity contribution in [3.05, 3.63) is 0 Å². The summed E-state index contributed by atoms with van der Waals surface area (Å²) in [6.45, 7) is 2.09. The Balaban J connectivity index is 2.94. The van der Waals surface area contributed by atoms with Gasteiger partial charge in [0.25, 0.3) is 0 Å². The summed E-state index contributed by atoms with van der Waals surface area (Å²) in [5, 5.41) is 6.67. The highest BCUT2D eigenvalue weighted by Gasteiger charge is 1.85. The molecular formula is C5H12NOP. The van der Waals surface area contributed by atoms with E-state index in [1.165, 1.54) is 0 Å². The summed E-state index contributed by atoms with van der Waals surface area (Å²) < 4.78 is 10.1. The molecule has 0 rings (SSSR count). The van der Waals surface area contributed by atoms with Crippen molar-refractivity contribution in [1.82, 2.24) is 0 Å². The summed E-state index contributed by atoms with van der Waals surface area (Å²) in [5.41, 5.74) is 0. The fourth-order valence-corrected chi connectivity index (χ4v) is 1.02. The molecule has 0 fully saturated rings. The molecular weight excluding hydrogens is 121 g/mol. The van der Waals surface area contributed by atoms with E-state index >= 15 is 0 Å². The fraction of sp³-hybridized carbons (Fsp3) is 1.00. The molecule has 0 saturated carbocycles. The average Bonchev–Trinajstić information content (AvgIpc) is 1.66. The van der Waals surface area contributed by atoms with Gasteiger partial charge >= 0.3 is 0 Å². The third kappa shape index (κ3) is 5.90. The minimum Gasteiger partial charge on any atom is -0.262 e. The first-order valence-corrected chi connectivity index (χ1v) is 4.37. The number of unbranched alkanes of at least 4 members (excludes halogenated alkanes) is 2. The van der Waals surface area contributed by atoms with Crippen molar-refractivity contribution >= 4 is 7.59 Å². The van der Waals surface area contributed by atoms with Crippen molar-refractivity contribution < 1.29 is 4.57 Å². The van der Waals surface area contributed by atoms with Crippen LogP contribution in [0.25, 0.3) is 0 Å². The van der Waals surface area contributed by atoms with E-state index in [4.69, 9.17) is 5.16 Å². The van der Waals surface area contributed by atoms with Gasteiger partial charge in [0.05, 0.1) is 0 Å². The minimum absolute atomic E-state index is 0.586. The Morgan fingerprint density at radius 2 is 2.12 bits per heavy atom. The standard InChI is InChI=1S/C5H12NOP/c1-2-3-4-5-8(6)7/h6H,2-5H2,1H3. The molecule has 8 heavy (non-hydrogen) atoms. The maximum atomic E-state index is 10.1. The lowest BCUT2D eigenvalue weighted by Gasteiger charge is -1.86. The normalized spacial score (nSPS) is 11.4. The van der Waals surface area contributed by atoms with Gasteiger partial charge < -0.3 is 0 Å². The third-order valence-electron chi connectivity index (χ3n) is 0.965. The van der Waals surface area contributed by atoms with Gasteiger partial charge in [-0.3, -0.25) is 9.73 Å². The Morgan fingerprint density at radius 3 is 2.50 bits per heavy atom. The molecule has 3 heteroatoms. The average molecular weight is 133 g/mol. The zero-order chi connectivity index (χ0) is 6.41. The quantitative estimate of drug-likeness (QED) is 0.465. The van der Waals surface area contributed by atoms with Crippen molar-refractivity contribution in [2.24, 2.45) is 0 Å². The lowest BCUT2D eigenvalue weighted by molar-refractivity contribution is 0.589. The molecule has 0 bridgehead atoms. The van der Waals surface area contributed by atoms with E-state index in [-0.39, 0.29) is 0 Å². The lowest BCUT2D eigenvalue weighted by Crippen LogP contribution is -1.73. The third-order valence-corrected chi connectivity index (χ3v) is 1.69. The first kappa shape index (κ1) is 7.90. The van der Waals surface area contributed by atoms with E-state index in [0.29, 0.717) is 6.16 Å². The molecule has 0 aromatic carbocycles. The molecule has 1 unspecified atom stereocenters. The van der Waals surface area contributed by atoms with Crippen LogP contribution < -0.4 is 0 Å². The van der Waals surface area contributed by atoms with Crippen LogP contribution in [0.3, 0.4) is 0 Å². The molecule has 0 saturated heterocycles. The van der Waals surface area contributed by atoms with Crippen molar-refractivity contribution in [2.45, 2.75) is 26.2 Å². The van der Waals surface area contributed by atoms with Crippen LogP contribution in [0, 0.1) is 5.16 Å². The van der Waals surface area contributed by atoms with E-state index in [1.54, 1.807) is 0 Å². The second-order valence-electron chi connectivity index (χ2n) is 1.81. The molecule has 0 aliphatic rings. The van der Waals surface area contributed by atoms with Crippen LogP contribution in [0.1, 0.15) is 26.2 Å². The molecule has 0 spiro atoms. The maximum absolute atomic E-state index is 10.1. The highest BCUT2D eigenvalue weighted by Crippen LogP contribution is 2.07. The molecule has 0 aliphatic carbocycles. The molecule has 0 aromatic rings.